The first kappa shape index (κ1) is 14.2. The van der Waals surface area contributed by atoms with Gasteiger partial charge in [-0.3, -0.25) is 4.79 Å². The summed E-state index contributed by atoms with van der Waals surface area (Å²) in [4.78, 5) is 13.8. The maximum absolute atomic E-state index is 12.2. The van der Waals surface area contributed by atoms with Crippen LogP contribution in [0.25, 0.3) is 0 Å². The fourth-order valence-corrected chi connectivity index (χ4v) is 2.95. The van der Waals surface area contributed by atoms with E-state index in [0.29, 0.717) is 28.7 Å². The zero-order chi connectivity index (χ0) is 15.0. The average molecular weight is 368 g/mol. The number of nitrogens with zero attached hydrogens (tertiary/aromatic N) is 1. The Morgan fingerprint density at radius 3 is 2.86 bits per heavy atom. The van der Waals surface area contributed by atoms with Crippen LogP contribution in [0.2, 0.25) is 5.02 Å². The van der Waals surface area contributed by atoms with Gasteiger partial charge in [0.25, 0.3) is 5.91 Å². The highest BCUT2D eigenvalue weighted by molar-refractivity contribution is 9.10. The van der Waals surface area contributed by atoms with Crippen LogP contribution in [0.3, 0.4) is 0 Å². The van der Waals surface area contributed by atoms with Crippen molar-refractivity contribution >= 4 is 44.8 Å². The van der Waals surface area contributed by atoms with Gasteiger partial charge in [0.1, 0.15) is 5.75 Å². The molecule has 0 aliphatic carbocycles. The highest BCUT2D eigenvalue weighted by Crippen LogP contribution is 2.35. The van der Waals surface area contributed by atoms with Crippen molar-refractivity contribution in [3.8, 4) is 5.75 Å². The normalized spacial score (nSPS) is 13.8. The number of nitrogen functional groups attached to an aromatic ring is 1. The number of rotatable bonds is 2. The molecule has 0 atom stereocenters. The number of benzene rings is 2. The Bertz CT molecular complexity index is 721. The summed E-state index contributed by atoms with van der Waals surface area (Å²) in [6, 6.07) is 10.8. The van der Waals surface area contributed by atoms with Crippen molar-refractivity contribution in [3.63, 3.8) is 0 Å². The van der Waals surface area contributed by atoms with Crippen molar-refractivity contribution in [3.05, 3.63) is 51.5 Å². The Morgan fingerprint density at radius 2 is 2.10 bits per heavy atom. The molecule has 2 aromatic carbocycles. The van der Waals surface area contributed by atoms with E-state index in [1.54, 1.807) is 23.1 Å². The van der Waals surface area contributed by atoms with Gasteiger partial charge in [0.2, 0.25) is 0 Å². The summed E-state index contributed by atoms with van der Waals surface area (Å²) in [6.45, 7) is 0.399. The molecule has 1 aliphatic rings. The van der Waals surface area contributed by atoms with Crippen LogP contribution in [0.5, 0.6) is 5.75 Å². The van der Waals surface area contributed by atoms with Crippen molar-refractivity contribution in [2.24, 2.45) is 0 Å². The van der Waals surface area contributed by atoms with E-state index in [0.717, 1.165) is 10.0 Å². The molecule has 3 rings (SSSR count). The van der Waals surface area contributed by atoms with E-state index in [9.17, 15) is 4.79 Å². The van der Waals surface area contributed by atoms with Gasteiger partial charge in [-0.1, -0.05) is 33.6 Å². The van der Waals surface area contributed by atoms with E-state index in [-0.39, 0.29) is 12.5 Å². The molecule has 0 saturated heterocycles. The topological polar surface area (TPSA) is 55.6 Å². The molecule has 1 amide bonds. The second-order valence-electron chi connectivity index (χ2n) is 4.73. The number of nitrogens with two attached hydrogens (primary N) is 1. The fourth-order valence-electron chi connectivity index (χ4n) is 2.21. The minimum Gasteiger partial charge on any atom is -0.482 e. The molecule has 0 saturated carbocycles. The lowest BCUT2D eigenvalue weighted by molar-refractivity contribution is -0.121. The van der Waals surface area contributed by atoms with Crippen molar-refractivity contribution in [2.45, 2.75) is 6.54 Å². The van der Waals surface area contributed by atoms with E-state index in [1.807, 2.05) is 18.2 Å². The van der Waals surface area contributed by atoms with Crippen LogP contribution in [0.4, 0.5) is 11.4 Å². The van der Waals surface area contributed by atoms with Gasteiger partial charge in [0.05, 0.1) is 12.2 Å². The van der Waals surface area contributed by atoms with Crippen LogP contribution < -0.4 is 15.4 Å². The SMILES string of the molecule is Nc1ccc2c(c1)N(Cc1ccc(Br)cc1Cl)C(=O)CO2. The first-order valence-corrected chi connectivity index (χ1v) is 7.48. The highest BCUT2D eigenvalue weighted by atomic mass is 79.9. The molecular weight excluding hydrogens is 356 g/mol. The maximum atomic E-state index is 12.2. The minimum atomic E-state index is -0.118. The third-order valence-electron chi connectivity index (χ3n) is 3.27. The summed E-state index contributed by atoms with van der Waals surface area (Å²) >= 11 is 9.60. The van der Waals surface area contributed by atoms with Crippen molar-refractivity contribution in [2.75, 3.05) is 17.2 Å². The molecule has 21 heavy (non-hydrogen) atoms. The van der Waals surface area contributed by atoms with E-state index >= 15 is 0 Å². The van der Waals surface area contributed by atoms with Crippen molar-refractivity contribution < 1.29 is 9.53 Å². The molecule has 6 heteroatoms. The zero-order valence-electron chi connectivity index (χ0n) is 11.0. The van der Waals surface area contributed by atoms with Crippen LogP contribution in [-0.4, -0.2) is 12.5 Å². The Kier molecular flexibility index (Phi) is 3.78. The van der Waals surface area contributed by atoms with Crippen LogP contribution in [0, 0.1) is 0 Å². The second kappa shape index (κ2) is 5.58. The van der Waals surface area contributed by atoms with E-state index < -0.39 is 0 Å². The molecule has 0 bridgehead atoms. The Morgan fingerprint density at radius 1 is 1.29 bits per heavy atom. The number of carbonyl (C=O) groups excluding carboxylic acids is 1. The van der Waals surface area contributed by atoms with Gasteiger partial charge in [-0.2, -0.15) is 0 Å². The highest BCUT2D eigenvalue weighted by Gasteiger charge is 2.26. The van der Waals surface area contributed by atoms with Gasteiger partial charge in [-0.15, -0.1) is 0 Å². The van der Waals surface area contributed by atoms with Crippen LogP contribution >= 0.6 is 27.5 Å². The van der Waals surface area contributed by atoms with E-state index in [2.05, 4.69) is 15.9 Å². The Hall–Kier alpha value is -1.72. The number of ether oxygens (including phenoxy) is 1. The lowest BCUT2D eigenvalue weighted by Gasteiger charge is -2.30. The Labute approximate surface area is 135 Å². The fraction of sp³-hybridized carbons (Fsp3) is 0.133. The van der Waals surface area contributed by atoms with Crippen molar-refractivity contribution in [1.29, 1.82) is 0 Å². The maximum Gasteiger partial charge on any atom is 0.265 e. The molecule has 2 aromatic rings. The molecule has 108 valence electrons. The van der Waals surface area contributed by atoms with Gasteiger partial charge in [0.15, 0.2) is 6.61 Å². The lowest BCUT2D eigenvalue weighted by atomic mass is 10.1. The van der Waals surface area contributed by atoms with Gasteiger partial charge in [-0.25, -0.2) is 0 Å². The molecule has 1 aliphatic heterocycles. The summed E-state index contributed by atoms with van der Waals surface area (Å²) in [5.74, 6) is 0.532. The zero-order valence-corrected chi connectivity index (χ0v) is 13.3. The predicted molar refractivity (Wildman–Crippen MR) is 86.7 cm³/mol. The molecule has 0 aromatic heterocycles. The van der Waals surface area contributed by atoms with Gasteiger partial charge >= 0.3 is 0 Å². The molecule has 0 radical (unpaired) electrons. The number of halogens is 2. The second-order valence-corrected chi connectivity index (χ2v) is 6.05. The van der Waals surface area contributed by atoms with Gasteiger partial charge in [0, 0.05) is 15.2 Å². The molecule has 1 heterocycles. The van der Waals surface area contributed by atoms with E-state index in [4.69, 9.17) is 22.1 Å². The van der Waals surface area contributed by atoms with Gasteiger partial charge < -0.3 is 15.4 Å². The largest absolute Gasteiger partial charge is 0.482 e. The lowest BCUT2D eigenvalue weighted by Crippen LogP contribution is -2.38. The first-order chi connectivity index (χ1) is 10.0. The predicted octanol–water partition coefficient (Wildman–Crippen LogP) is 3.61. The molecule has 4 nitrogen and oxygen atoms in total. The number of hydrogen-bond donors (Lipinski definition) is 1. The number of carbonyl (C=O) groups is 1. The number of hydrogen-bond acceptors (Lipinski definition) is 3. The van der Waals surface area contributed by atoms with Crippen molar-refractivity contribution in [1.82, 2.24) is 0 Å². The third-order valence-corrected chi connectivity index (χ3v) is 4.11. The monoisotopic (exact) mass is 366 g/mol. The third kappa shape index (κ3) is 2.84. The summed E-state index contributed by atoms with van der Waals surface area (Å²) < 4.78 is 6.32. The number of fused-ring (bicyclic) bond motifs is 1. The molecule has 2 N–H and O–H groups in total. The number of anilines is 2. The van der Waals surface area contributed by atoms with Crippen LogP contribution in [-0.2, 0) is 11.3 Å². The smallest absolute Gasteiger partial charge is 0.265 e. The molecule has 0 unspecified atom stereocenters. The Balaban J connectivity index is 1.98. The number of amides is 1. The quantitative estimate of drug-likeness (QED) is 0.825. The molecule has 0 spiro atoms. The summed E-state index contributed by atoms with van der Waals surface area (Å²) in [6.07, 6.45) is 0. The van der Waals surface area contributed by atoms with Crippen LogP contribution in [0.15, 0.2) is 40.9 Å². The first-order valence-electron chi connectivity index (χ1n) is 6.31. The summed E-state index contributed by atoms with van der Waals surface area (Å²) in [5, 5.41) is 0.606. The summed E-state index contributed by atoms with van der Waals surface area (Å²) in [7, 11) is 0. The summed E-state index contributed by atoms with van der Waals surface area (Å²) in [5.41, 5.74) is 7.93. The molecule has 0 fully saturated rings. The van der Waals surface area contributed by atoms with E-state index in [1.165, 1.54) is 0 Å². The average Bonchev–Trinajstić information content (AvgIpc) is 2.44. The minimum absolute atomic E-state index is 0.0189. The van der Waals surface area contributed by atoms with Crippen LogP contribution in [0.1, 0.15) is 5.56 Å². The standard InChI is InChI=1S/C15H12BrClN2O2/c16-10-2-1-9(12(17)5-10)7-19-13-6-11(18)3-4-14(13)21-8-15(19)20/h1-6H,7-8,18H2. The molecular formula is C15H12BrClN2O2. The van der Waals surface area contributed by atoms with Gasteiger partial charge in [-0.05, 0) is 35.9 Å².